The zero-order valence-electron chi connectivity index (χ0n) is 12.6. The molecule has 0 unspecified atom stereocenters. The summed E-state index contributed by atoms with van der Waals surface area (Å²) < 4.78 is 0. The average molecular weight is 287 g/mol. The summed E-state index contributed by atoms with van der Waals surface area (Å²) >= 11 is 0. The Kier molecular flexibility index (Phi) is 4.76. The molecule has 1 amide bonds. The number of anilines is 1. The van der Waals surface area contributed by atoms with Crippen molar-refractivity contribution >= 4 is 11.6 Å². The maximum atomic E-state index is 12.4. The molecular formula is C17H25N3O. The average Bonchev–Trinajstić information content (AvgIpc) is 2.57. The number of para-hydroxylation sites is 1. The lowest BCUT2D eigenvalue weighted by Gasteiger charge is -2.37. The van der Waals surface area contributed by atoms with Crippen molar-refractivity contribution < 1.29 is 4.79 Å². The van der Waals surface area contributed by atoms with Crippen LogP contribution < -0.4 is 10.2 Å². The number of carbonyl (C=O) groups is 1. The number of nitrogens with zero attached hydrogens (tertiary/aromatic N) is 2. The Balaban J connectivity index is 1.47. The van der Waals surface area contributed by atoms with Crippen molar-refractivity contribution in [3.05, 3.63) is 30.3 Å². The lowest BCUT2D eigenvalue weighted by molar-refractivity contribution is -0.132. The van der Waals surface area contributed by atoms with Crippen LogP contribution in [0.5, 0.6) is 0 Å². The summed E-state index contributed by atoms with van der Waals surface area (Å²) in [5.74, 6) is 0.945. The molecule has 0 radical (unpaired) electrons. The second-order valence-electron chi connectivity index (χ2n) is 6.10. The van der Waals surface area contributed by atoms with Crippen molar-refractivity contribution in [1.82, 2.24) is 10.2 Å². The van der Waals surface area contributed by atoms with Gasteiger partial charge in [0, 0.05) is 38.3 Å². The minimum absolute atomic E-state index is 0.356. The molecular weight excluding hydrogens is 262 g/mol. The highest BCUT2D eigenvalue weighted by Crippen LogP contribution is 2.19. The molecule has 0 bridgehead atoms. The van der Waals surface area contributed by atoms with Crippen LogP contribution in [-0.2, 0) is 4.79 Å². The summed E-state index contributed by atoms with van der Waals surface area (Å²) in [4.78, 5) is 16.8. The molecule has 1 N–H and O–H groups in total. The number of rotatable bonds is 3. The molecule has 0 saturated carbocycles. The van der Waals surface area contributed by atoms with Gasteiger partial charge < -0.3 is 15.1 Å². The van der Waals surface area contributed by atoms with Gasteiger partial charge in [0.25, 0.3) is 0 Å². The molecule has 0 spiro atoms. The van der Waals surface area contributed by atoms with Gasteiger partial charge in [0.05, 0.1) is 0 Å². The van der Waals surface area contributed by atoms with Gasteiger partial charge in [-0.1, -0.05) is 18.2 Å². The van der Waals surface area contributed by atoms with E-state index in [1.807, 2.05) is 6.07 Å². The molecule has 2 fully saturated rings. The van der Waals surface area contributed by atoms with Crippen molar-refractivity contribution in [3.8, 4) is 0 Å². The Bertz CT molecular complexity index is 448. The van der Waals surface area contributed by atoms with E-state index in [-0.39, 0.29) is 0 Å². The zero-order valence-corrected chi connectivity index (χ0v) is 12.6. The van der Waals surface area contributed by atoms with Gasteiger partial charge in [-0.2, -0.15) is 0 Å². The third-order valence-electron chi connectivity index (χ3n) is 4.68. The van der Waals surface area contributed by atoms with E-state index < -0.39 is 0 Å². The van der Waals surface area contributed by atoms with Gasteiger partial charge in [-0.3, -0.25) is 4.79 Å². The molecule has 3 rings (SSSR count). The first-order valence-electron chi connectivity index (χ1n) is 8.11. The van der Waals surface area contributed by atoms with E-state index in [4.69, 9.17) is 0 Å². The molecule has 1 aromatic rings. The van der Waals surface area contributed by atoms with Crippen LogP contribution in [-0.4, -0.2) is 50.1 Å². The molecule has 1 aromatic carbocycles. The summed E-state index contributed by atoms with van der Waals surface area (Å²) in [7, 11) is 0. The van der Waals surface area contributed by atoms with Crippen LogP contribution in [0.3, 0.4) is 0 Å². The lowest BCUT2D eigenvalue weighted by Crippen LogP contribution is -2.49. The van der Waals surface area contributed by atoms with E-state index in [1.54, 1.807) is 0 Å². The molecule has 0 atom stereocenters. The highest BCUT2D eigenvalue weighted by molar-refractivity contribution is 5.76. The molecule has 2 saturated heterocycles. The lowest BCUT2D eigenvalue weighted by atomic mass is 9.94. The quantitative estimate of drug-likeness (QED) is 0.919. The predicted molar refractivity (Wildman–Crippen MR) is 85.4 cm³/mol. The molecule has 4 heteroatoms. The number of hydrogen-bond donors (Lipinski definition) is 1. The highest BCUT2D eigenvalue weighted by Gasteiger charge is 2.24. The number of hydrogen-bond acceptors (Lipinski definition) is 3. The van der Waals surface area contributed by atoms with Gasteiger partial charge >= 0.3 is 0 Å². The Labute approximate surface area is 127 Å². The van der Waals surface area contributed by atoms with Crippen LogP contribution in [0.25, 0.3) is 0 Å². The molecule has 0 aliphatic carbocycles. The Hall–Kier alpha value is -1.55. The number of amides is 1. The molecule has 2 aliphatic heterocycles. The van der Waals surface area contributed by atoms with E-state index in [2.05, 4.69) is 39.4 Å². The third kappa shape index (κ3) is 3.76. The van der Waals surface area contributed by atoms with E-state index in [1.165, 1.54) is 5.69 Å². The fourth-order valence-electron chi connectivity index (χ4n) is 3.31. The monoisotopic (exact) mass is 287 g/mol. The molecule has 0 aromatic heterocycles. The van der Waals surface area contributed by atoms with Gasteiger partial charge in [0.2, 0.25) is 5.91 Å². The summed E-state index contributed by atoms with van der Waals surface area (Å²) in [6.45, 7) is 5.75. The minimum Gasteiger partial charge on any atom is -0.368 e. The maximum Gasteiger partial charge on any atom is 0.222 e. The number of piperazine rings is 1. The van der Waals surface area contributed by atoms with Gasteiger partial charge in [0.1, 0.15) is 0 Å². The Morgan fingerprint density at radius 2 is 1.71 bits per heavy atom. The van der Waals surface area contributed by atoms with Gasteiger partial charge in [0.15, 0.2) is 0 Å². The van der Waals surface area contributed by atoms with Crippen molar-refractivity contribution in [2.45, 2.75) is 19.3 Å². The van der Waals surface area contributed by atoms with E-state index in [0.29, 0.717) is 11.8 Å². The molecule has 114 valence electrons. The minimum atomic E-state index is 0.356. The van der Waals surface area contributed by atoms with Crippen LogP contribution in [0, 0.1) is 5.92 Å². The maximum absolute atomic E-state index is 12.4. The van der Waals surface area contributed by atoms with E-state index >= 15 is 0 Å². The molecule has 21 heavy (non-hydrogen) atoms. The Morgan fingerprint density at radius 1 is 1.05 bits per heavy atom. The normalized spacial score (nSPS) is 20.6. The topological polar surface area (TPSA) is 35.6 Å². The standard InChI is InChI=1S/C17H25N3O/c21-17(14-15-6-8-18-9-7-15)20-12-10-19(11-13-20)16-4-2-1-3-5-16/h1-5,15,18H,6-14H2. The summed E-state index contributed by atoms with van der Waals surface area (Å²) in [6.07, 6.45) is 3.04. The first-order chi connectivity index (χ1) is 10.3. The van der Waals surface area contributed by atoms with Gasteiger partial charge in [-0.15, -0.1) is 0 Å². The summed E-state index contributed by atoms with van der Waals surface area (Å²) in [6, 6.07) is 10.5. The fourth-order valence-corrected chi connectivity index (χ4v) is 3.31. The van der Waals surface area contributed by atoms with E-state index in [9.17, 15) is 4.79 Å². The SMILES string of the molecule is O=C(CC1CCNCC1)N1CCN(c2ccccc2)CC1. The molecule has 2 heterocycles. The number of carbonyl (C=O) groups excluding carboxylic acids is 1. The molecule has 4 nitrogen and oxygen atoms in total. The Morgan fingerprint density at radius 3 is 2.38 bits per heavy atom. The van der Waals surface area contributed by atoms with Crippen LogP contribution >= 0.6 is 0 Å². The van der Waals surface area contributed by atoms with Crippen LogP contribution in [0.15, 0.2) is 30.3 Å². The summed E-state index contributed by atoms with van der Waals surface area (Å²) in [5.41, 5.74) is 1.27. The van der Waals surface area contributed by atoms with Crippen LogP contribution in [0.4, 0.5) is 5.69 Å². The van der Waals surface area contributed by atoms with Gasteiger partial charge in [-0.25, -0.2) is 0 Å². The largest absolute Gasteiger partial charge is 0.368 e. The first kappa shape index (κ1) is 14.4. The van der Waals surface area contributed by atoms with Crippen LogP contribution in [0.2, 0.25) is 0 Å². The first-order valence-corrected chi connectivity index (χ1v) is 8.11. The van der Waals surface area contributed by atoms with E-state index in [0.717, 1.165) is 58.5 Å². The second kappa shape index (κ2) is 6.94. The van der Waals surface area contributed by atoms with Crippen molar-refractivity contribution in [2.24, 2.45) is 5.92 Å². The third-order valence-corrected chi connectivity index (χ3v) is 4.68. The van der Waals surface area contributed by atoms with Crippen LogP contribution in [0.1, 0.15) is 19.3 Å². The number of benzene rings is 1. The summed E-state index contributed by atoms with van der Waals surface area (Å²) in [5, 5.41) is 3.36. The predicted octanol–water partition coefficient (Wildman–Crippen LogP) is 1.72. The van der Waals surface area contributed by atoms with Crippen molar-refractivity contribution in [1.29, 1.82) is 0 Å². The smallest absolute Gasteiger partial charge is 0.222 e. The van der Waals surface area contributed by atoms with Crippen molar-refractivity contribution in [2.75, 3.05) is 44.2 Å². The molecule has 2 aliphatic rings. The number of nitrogens with one attached hydrogen (secondary N) is 1. The fraction of sp³-hybridized carbons (Fsp3) is 0.588. The zero-order chi connectivity index (χ0) is 14.5. The van der Waals surface area contributed by atoms with Gasteiger partial charge in [-0.05, 0) is 44.0 Å². The second-order valence-corrected chi connectivity index (χ2v) is 6.10. The highest BCUT2D eigenvalue weighted by atomic mass is 16.2. The van der Waals surface area contributed by atoms with Crippen molar-refractivity contribution in [3.63, 3.8) is 0 Å². The number of piperidine rings is 1.